The lowest BCUT2D eigenvalue weighted by atomic mass is 9.95. The maximum Gasteiger partial charge on any atom is 0.225 e. The van der Waals surface area contributed by atoms with Crippen LogP contribution < -0.4 is 5.32 Å². The molecule has 1 aromatic heterocycles. The van der Waals surface area contributed by atoms with Crippen molar-refractivity contribution in [3.05, 3.63) is 48.0 Å². The fourth-order valence-electron chi connectivity index (χ4n) is 3.97. The van der Waals surface area contributed by atoms with E-state index in [1.54, 1.807) is 35.0 Å². The summed E-state index contributed by atoms with van der Waals surface area (Å²) in [6.07, 6.45) is 4.70. The van der Waals surface area contributed by atoms with Gasteiger partial charge in [0, 0.05) is 44.3 Å². The Kier molecular flexibility index (Phi) is 5.13. The number of halogens is 1. The number of nitrogens with zero attached hydrogens (tertiary/aromatic N) is 3. The van der Waals surface area contributed by atoms with E-state index in [4.69, 9.17) is 4.74 Å². The Balaban J connectivity index is 1.48. The average Bonchev–Trinajstić information content (AvgIpc) is 3.42. The zero-order chi connectivity index (χ0) is 19.7. The minimum Gasteiger partial charge on any atom is -0.381 e. The Morgan fingerprint density at radius 2 is 2.14 bits per heavy atom. The predicted molar refractivity (Wildman–Crippen MR) is 99.1 cm³/mol. The van der Waals surface area contributed by atoms with Gasteiger partial charge in [0.05, 0.1) is 30.5 Å². The van der Waals surface area contributed by atoms with E-state index in [1.165, 1.54) is 12.1 Å². The van der Waals surface area contributed by atoms with Gasteiger partial charge in [-0.2, -0.15) is 5.10 Å². The van der Waals surface area contributed by atoms with Crippen molar-refractivity contribution in [3.8, 4) is 5.69 Å². The van der Waals surface area contributed by atoms with Gasteiger partial charge in [0.2, 0.25) is 11.8 Å². The van der Waals surface area contributed by atoms with Crippen molar-refractivity contribution in [1.29, 1.82) is 0 Å². The molecule has 2 fully saturated rings. The van der Waals surface area contributed by atoms with Crippen LogP contribution in [0, 0.1) is 17.7 Å². The number of carbonyl (C=O) groups is 2. The van der Waals surface area contributed by atoms with Crippen molar-refractivity contribution in [3.63, 3.8) is 0 Å². The lowest BCUT2D eigenvalue weighted by molar-refractivity contribution is -0.128. The zero-order valence-electron chi connectivity index (χ0n) is 15.7. The van der Waals surface area contributed by atoms with Crippen molar-refractivity contribution in [2.75, 3.05) is 26.8 Å². The fraction of sp³-hybridized carbons (Fsp3) is 0.450. The summed E-state index contributed by atoms with van der Waals surface area (Å²) in [5.74, 6) is -0.409. The number of hydrogen-bond acceptors (Lipinski definition) is 4. The molecule has 0 unspecified atom stereocenters. The van der Waals surface area contributed by atoms with Crippen LogP contribution in [0.2, 0.25) is 0 Å². The zero-order valence-corrected chi connectivity index (χ0v) is 15.7. The van der Waals surface area contributed by atoms with E-state index in [1.807, 2.05) is 6.20 Å². The smallest absolute Gasteiger partial charge is 0.225 e. The highest BCUT2D eigenvalue weighted by molar-refractivity contribution is 5.81. The molecule has 2 aliphatic heterocycles. The largest absolute Gasteiger partial charge is 0.381 e. The van der Waals surface area contributed by atoms with Gasteiger partial charge in [-0.1, -0.05) is 0 Å². The van der Waals surface area contributed by atoms with Gasteiger partial charge < -0.3 is 15.0 Å². The molecule has 2 aliphatic rings. The topological polar surface area (TPSA) is 76.5 Å². The Labute approximate surface area is 162 Å². The molecule has 28 heavy (non-hydrogen) atoms. The van der Waals surface area contributed by atoms with Crippen molar-refractivity contribution < 1.29 is 18.7 Å². The number of hydrogen-bond donors (Lipinski definition) is 1. The van der Waals surface area contributed by atoms with Crippen molar-refractivity contribution >= 4 is 11.8 Å². The first kappa shape index (κ1) is 18.6. The van der Waals surface area contributed by atoms with Gasteiger partial charge in [0.25, 0.3) is 0 Å². The van der Waals surface area contributed by atoms with Crippen LogP contribution in [0.15, 0.2) is 36.7 Å². The molecule has 1 N–H and O–H groups in total. The van der Waals surface area contributed by atoms with Gasteiger partial charge in [-0.3, -0.25) is 9.59 Å². The first-order valence-corrected chi connectivity index (χ1v) is 9.44. The molecule has 0 radical (unpaired) electrons. The lowest BCUT2D eigenvalue weighted by Crippen LogP contribution is -2.36. The molecule has 148 valence electrons. The van der Waals surface area contributed by atoms with Gasteiger partial charge in [-0.25, -0.2) is 9.07 Å². The number of ether oxygens (including phenoxy) is 1. The van der Waals surface area contributed by atoms with Gasteiger partial charge in [0.15, 0.2) is 0 Å². The van der Waals surface area contributed by atoms with Crippen LogP contribution in [-0.2, 0) is 14.3 Å². The average molecular weight is 386 g/mol. The lowest BCUT2D eigenvalue weighted by Gasteiger charge is -2.24. The Morgan fingerprint density at radius 1 is 1.36 bits per heavy atom. The second kappa shape index (κ2) is 7.71. The minimum atomic E-state index is -0.305. The molecule has 2 amide bonds. The maximum atomic E-state index is 13.1. The summed E-state index contributed by atoms with van der Waals surface area (Å²) in [6.45, 7) is 1.51. The highest BCUT2D eigenvalue weighted by atomic mass is 19.1. The van der Waals surface area contributed by atoms with Crippen LogP contribution in [-0.4, -0.2) is 53.3 Å². The molecule has 0 saturated carbocycles. The molecule has 3 atom stereocenters. The molecule has 2 saturated heterocycles. The number of rotatable bonds is 5. The van der Waals surface area contributed by atoms with E-state index in [9.17, 15) is 14.0 Å². The van der Waals surface area contributed by atoms with E-state index in [0.29, 0.717) is 26.2 Å². The predicted octanol–water partition coefficient (Wildman–Crippen LogP) is 1.68. The molecular weight excluding hydrogens is 363 g/mol. The monoisotopic (exact) mass is 386 g/mol. The molecule has 0 bridgehead atoms. The molecule has 0 spiro atoms. The maximum absolute atomic E-state index is 13.1. The van der Waals surface area contributed by atoms with E-state index in [-0.39, 0.29) is 35.5 Å². The summed E-state index contributed by atoms with van der Waals surface area (Å²) in [4.78, 5) is 26.3. The van der Waals surface area contributed by atoms with Gasteiger partial charge in [0.1, 0.15) is 5.82 Å². The Morgan fingerprint density at radius 3 is 2.86 bits per heavy atom. The quantitative estimate of drug-likeness (QED) is 0.848. The standard InChI is InChI=1S/C20H23FN4O3/c1-24-18(26)8-14(9-22-20(27)13-6-7-28-12-13)19(24)15-10-23-25(11-15)17-4-2-16(21)3-5-17/h2-5,10-11,13-14,19H,6-9,12H2,1H3,(H,22,27)/t13-,14-,19+/m0/s1. The summed E-state index contributed by atoms with van der Waals surface area (Å²) in [7, 11) is 1.77. The first-order valence-electron chi connectivity index (χ1n) is 9.44. The molecule has 7 nitrogen and oxygen atoms in total. The summed E-state index contributed by atoms with van der Waals surface area (Å²) in [6, 6.07) is 5.90. The number of nitrogens with one attached hydrogen (secondary N) is 1. The molecular formula is C20H23FN4O3. The fourth-order valence-corrected chi connectivity index (χ4v) is 3.97. The van der Waals surface area contributed by atoms with Crippen LogP contribution >= 0.6 is 0 Å². The number of benzene rings is 1. The molecule has 1 aromatic carbocycles. The first-order chi connectivity index (χ1) is 13.5. The second-order valence-corrected chi connectivity index (χ2v) is 7.41. The number of amides is 2. The van der Waals surface area contributed by atoms with E-state index >= 15 is 0 Å². The van der Waals surface area contributed by atoms with E-state index in [0.717, 1.165) is 17.7 Å². The molecule has 2 aromatic rings. The molecule has 0 aliphatic carbocycles. The minimum absolute atomic E-state index is 0.0136. The third kappa shape index (κ3) is 3.64. The van der Waals surface area contributed by atoms with Crippen molar-refractivity contribution in [1.82, 2.24) is 20.0 Å². The summed E-state index contributed by atoms with van der Waals surface area (Å²) >= 11 is 0. The molecule has 8 heteroatoms. The summed E-state index contributed by atoms with van der Waals surface area (Å²) < 4.78 is 20.1. The number of likely N-dealkylation sites (tertiary alicyclic amines) is 1. The number of carbonyl (C=O) groups excluding carboxylic acids is 2. The summed E-state index contributed by atoms with van der Waals surface area (Å²) in [5.41, 5.74) is 1.63. The van der Waals surface area contributed by atoms with Gasteiger partial charge in [-0.15, -0.1) is 0 Å². The number of aromatic nitrogens is 2. The third-order valence-corrected chi connectivity index (χ3v) is 5.57. The molecule has 3 heterocycles. The Bertz CT molecular complexity index is 861. The van der Waals surface area contributed by atoms with Crippen LogP contribution in [0.1, 0.15) is 24.4 Å². The highest BCUT2D eigenvalue weighted by Gasteiger charge is 2.39. The highest BCUT2D eigenvalue weighted by Crippen LogP contribution is 2.36. The van der Waals surface area contributed by atoms with Gasteiger partial charge >= 0.3 is 0 Å². The normalized spacial score (nSPS) is 24.7. The van der Waals surface area contributed by atoms with Crippen LogP contribution in [0.25, 0.3) is 5.69 Å². The van der Waals surface area contributed by atoms with E-state index < -0.39 is 0 Å². The third-order valence-electron chi connectivity index (χ3n) is 5.57. The Hall–Kier alpha value is -2.74. The molecule has 4 rings (SSSR count). The van der Waals surface area contributed by atoms with Gasteiger partial charge in [-0.05, 0) is 30.7 Å². The SMILES string of the molecule is CN1C(=O)C[C@@H](CNC(=O)[C@H]2CCOC2)[C@@H]1c1cnn(-c2ccc(F)cc2)c1. The van der Waals surface area contributed by atoms with Crippen molar-refractivity contribution in [2.24, 2.45) is 11.8 Å². The van der Waals surface area contributed by atoms with Crippen molar-refractivity contribution in [2.45, 2.75) is 18.9 Å². The van der Waals surface area contributed by atoms with Crippen LogP contribution in [0.3, 0.4) is 0 Å². The summed E-state index contributed by atoms with van der Waals surface area (Å²) in [5, 5.41) is 7.35. The van der Waals surface area contributed by atoms with Crippen LogP contribution in [0.4, 0.5) is 4.39 Å². The second-order valence-electron chi connectivity index (χ2n) is 7.41. The van der Waals surface area contributed by atoms with E-state index in [2.05, 4.69) is 10.4 Å². The van der Waals surface area contributed by atoms with Crippen LogP contribution in [0.5, 0.6) is 0 Å².